The lowest BCUT2D eigenvalue weighted by Crippen LogP contribution is -2.28. The van der Waals surface area contributed by atoms with Crippen molar-refractivity contribution in [3.8, 4) is 5.69 Å². The molecule has 0 amide bonds. The average molecular weight is 333 g/mol. The Hall–Kier alpha value is -2.31. The van der Waals surface area contributed by atoms with E-state index in [2.05, 4.69) is 9.97 Å². The zero-order valence-corrected chi connectivity index (χ0v) is 13.1. The van der Waals surface area contributed by atoms with E-state index >= 15 is 0 Å². The SMILES string of the molecule is CC[C@H](N)c1nc2c(F)ccc(Cl)c2c(=O)n1-c1cccnc1. The van der Waals surface area contributed by atoms with Crippen LogP contribution in [-0.2, 0) is 0 Å². The van der Waals surface area contributed by atoms with E-state index in [0.717, 1.165) is 0 Å². The molecule has 0 aliphatic heterocycles. The fraction of sp³-hybridized carbons (Fsp3) is 0.188. The van der Waals surface area contributed by atoms with Crippen LogP contribution in [0.5, 0.6) is 0 Å². The molecular formula is C16H14ClFN4O. The van der Waals surface area contributed by atoms with Gasteiger partial charge in [0.15, 0.2) is 0 Å². The van der Waals surface area contributed by atoms with E-state index < -0.39 is 17.4 Å². The van der Waals surface area contributed by atoms with Crippen molar-refractivity contribution in [2.24, 2.45) is 5.73 Å². The number of nitrogens with zero attached hydrogens (tertiary/aromatic N) is 3. The summed E-state index contributed by atoms with van der Waals surface area (Å²) in [5, 5.41) is 0.177. The quantitative estimate of drug-likeness (QED) is 0.800. The van der Waals surface area contributed by atoms with Crippen LogP contribution in [0.25, 0.3) is 16.6 Å². The van der Waals surface area contributed by atoms with Crippen LogP contribution in [0, 0.1) is 5.82 Å². The maximum atomic E-state index is 14.1. The third-order valence-corrected chi connectivity index (χ3v) is 3.94. The summed E-state index contributed by atoms with van der Waals surface area (Å²) in [7, 11) is 0. The smallest absolute Gasteiger partial charge is 0.267 e. The van der Waals surface area contributed by atoms with Gasteiger partial charge in [0.1, 0.15) is 17.2 Å². The van der Waals surface area contributed by atoms with Gasteiger partial charge >= 0.3 is 0 Å². The molecule has 1 atom stereocenters. The summed E-state index contributed by atoms with van der Waals surface area (Å²) in [5.74, 6) is -0.330. The van der Waals surface area contributed by atoms with E-state index in [-0.39, 0.29) is 21.7 Å². The summed E-state index contributed by atoms with van der Waals surface area (Å²) in [6.45, 7) is 1.86. The van der Waals surface area contributed by atoms with Crippen LogP contribution in [0.2, 0.25) is 5.02 Å². The van der Waals surface area contributed by atoms with E-state index in [9.17, 15) is 9.18 Å². The molecule has 3 aromatic rings. The Morgan fingerprint density at radius 1 is 1.39 bits per heavy atom. The highest BCUT2D eigenvalue weighted by molar-refractivity contribution is 6.35. The van der Waals surface area contributed by atoms with Crippen molar-refractivity contribution >= 4 is 22.5 Å². The first-order valence-corrected chi connectivity index (χ1v) is 7.49. The molecule has 0 aliphatic carbocycles. The van der Waals surface area contributed by atoms with Gasteiger partial charge in [-0.3, -0.25) is 14.3 Å². The van der Waals surface area contributed by atoms with Crippen molar-refractivity contribution < 1.29 is 4.39 Å². The van der Waals surface area contributed by atoms with Crippen LogP contribution >= 0.6 is 11.6 Å². The van der Waals surface area contributed by atoms with Gasteiger partial charge in [-0.1, -0.05) is 18.5 Å². The van der Waals surface area contributed by atoms with Gasteiger partial charge < -0.3 is 5.73 Å². The van der Waals surface area contributed by atoms with Gasteiger partial charge in [0.2, 0.25) is 0 Å². The molecule has 2 N–H and O–H groups in total. The Balaban J connectivity index is 2.48. The van der Waals surface area contributed by atoms with Crippen LogP contribution in [0.1, 0.15) is 25.2 Å². The number of benzene rings is 1. The number of nitrogens with two attached hydrogens (primary N) is 1. The third-order valence-electron chi connectivity index (χ3n) is 3.63. The number of pyridine rings is 1. The number of rotatable bonds is 3. The topological polar surface area (TPSA) is 73.8 Å². The van der Waals surface area contributed by atoms with Crippen LogP contribution in [0.3, 0.4) is 0 Å². The molecule has 0 radical (unpaired) electrons. The van der Waals surface area contributed by atoms with Gasteiger partial charge in [0, 0.05) is 6.20 Å². The number of halogens is 2. The second kappa shape index (κ2) is 6.06. The molecule has 0 fully saturated rings. The summed E-state index contributed by atoms with van der Waals surface area (Å²) >= 11 is 6.09. The molecule has 0 saturated heterocycles. The lowest BCUT2D eigenvalue weighted by Gasteiger charge is -2.17. The van der Waals surface area contributed by atoms with E-state index in [1.54, 1.807) is 18.3 Å². The molecule has 23 heavy (non-hydrogen) atoms. The van der Waals surface area contributed by atoms with Crippen molar-refractivity contribution in [3.05, 3.63) is 63.7 Å². The highest BCUT2D eigenvalue weighted by atomic mass is 35.5. The summed E-state index contributed by atoms with van der Waals surface area (Å²) in [5.41, 5.74) is 6.05. The fourth-order valence-electron chi connectivity index (χ4n) is 2.40. The lowest BCUT2D eigenvalue weighted by atomic mass is 10.1. The molecule has 2 heterocycles. The first kappa shape index (κ1) is 15.6. The third kappa shape index (κ3) is 2.60. The lowest BCUT2D eigenvalue weighted by molar-refractivity contribution is 0.609. The highest BCUT2D eigenvalue weighted by Gasteiger charge is 2.20. The van der Waals surface area contributed by atoms with E-state index in [4.69, 9.17) is 17.3 Å². The molecule has 2 aromatic heterocycles. The molecular weight excluding hydrogens is 319 g/mol. The molecule has 0 bridgehead atoms. The normalized spacial score (nSPS) is 12.5. The highest BCUT2D eigenvalue weighted by Crippen LogP contribution is 2.24. The van der Waals surface area contributed by atoms with Crippen LogP contribution in [-0.4, -0.2) is 14.5 Å². The van der Waals surface area contributed by atoms with Gasteiger partial charge in [-0.05, 0) is 30.7 Å². The Kier molecular flexibility index (Phi) is 4.11. The number of hydrogen-bond acceptors (Lipinski definition) is 4. The van der Waals surface area contributed by atoms with Crippen molar-refractivity contribution in [2.45, 2.75) is 19.4 Å². The van der Waals surface area contributed by atoms with Crippen LogP contribution in [0.4, 0.5) is 4.39 Å². The maximum absolute atomic E-state index is 14.1. The largest absolute Gasteiger partial charge is 0.321 e. The molecule has 5 nitrogen and oxygen atoms in total. The Bertz CT molecular complexity index is 927. The van der Waals surface area contributed by atoms with E-state index in [0.29, 0.717) is 12.1 Å². The minimum atomic E-state index is -0.607. The van der Waals surface area contributed by atoms with E-state index in [1.165, 1.54) is 22.9 Å². The Labute approximate surface area is 136 Å². The number of aromatic nitrogens is 3. The molecule has 3 rings (SSSR count). The van der Waals surface area contributed by atoms with Gasteiger partial charge in [0.25, 0.3) is 5.56 Å². The zero-order valence-electron chi connectivity index (χ0n) is 12.3. The average Bonchev–Trinajstić information content (AvgIpc) is 2.57. The van der Waals surface area contributed by atoms with Crippen molar-refractivity contribution in [1.82, 2.24) is 14.5 Å². The maximum Gasteiger partial charge on any atom is 0.267 e. The fourth-order valence-corrected chi connectivity index (χ4v) is 2.63. The molecule has 7 heteroatoms. The first-order valence-electron chi connectivity index (χ1n) is 7.11. The molecule has 0 unspecified atom stereocenters. The molecule has 1 aromatic carbocycles. The second-order valence-corrected chi connectivity index (χ2v) is 5.50. The predicted molar refractivity (Wildman–Crippen MR) is 87.3 cm³/mol. The summed E-state index contributed by atoms with van der Waals surface area (Å²) in [6.07, 6.45) is 3.66. The second-order valence-electron chi connectivity index (χ2n) is 5.09. The Morgan fingerprint density at radius 3 is 2.83 bits per heavy atom. The number of fused-ring (bicyclic) bond motifs is 1. The molecule has 0 spiro atoms. The molecule has 0 aliphatic rings. The minimum Gasteiger partial charge on any atom is -0.321 e. The molecule has 118 valence electrons. The standard InChI is InChI=1S/C16H14ClFN4O/c1-2-12(19)15-21-14-11(18)6-5-10(17)13(14)16(23)22(15)9-4-3-7-20-8-9/h3-8,12H,2,19H2,1H3/t12-/m0/s1. The summed E-state index contributed by atoms with van der Waals surface area (Å²) in [6, 6.07) is 5.41. The van der Waals surface area contributed by atoms with Gasteiger partial charge in [-0.25, -0.2) is 9.37 Å². The van der Waals surface area contributed by atoms with Gasteiger partial charge in [-0.2, -0.15) is 0 Å². The number of hydrogen-bond donors (Lipinski definition) is 1. The first-order chi connectivity index (χ1) is 11.0. The summed E-state index contributed by atoms with van der Waals surface area (Å²) < 4.78 is 15.4. The van der Waals surface area contributed by atoms with Crippen molar-refractivity contribution in [1.29, 1.82) is 0 Å². The van der Waals surface area contributed by atoms with Crippen LogP contribution < -0.4 is 11.3 Å². The minimum absolute atomic E-state index is 0.0302. The van der Waals surface area contributed by atoms with Gasteiger partial charge in [-0.15, -0.1) is 0 Å². The van der Waals surface area contributed by atoms with E-state index in [1.807, 2.05) is 6.92 Å². The summed E-state index contributed by atoms with van der Waals surface area (Å²) in [4.78, 5) is 21.2. The zero-order chi connectivity index (χ0) is 16.6. The monoisotopic (exact) mass is 332 g/mol. The Morgan fingerprint density at radius 2 is 2.17 bits per heavy atom. The predicted octanol–water partition coefficient (Wildman–Crippen LogP) is 2.98. The van der Waals surface area contributed by atoms with Crippen molar-refractivity contribution in [2.75, 3.05) is 0 Å². The van der Waals surface area contributed by atoms with Crippen LogP contribution in [0.15, 0.2) is 41.5 Å². The van der Waals surface area contributed by atoms with Crippen molar-refractivity contribution in [3.63, 3.8) is 0 Å². The van der Waals surface area contributed by atoms with Gasteiger partial charge in [0.05, 0.1) is 28.3 Å². The molecule has 0 saturated carbocycles.